The number of nitrogens with two attached hydrogens (primary N) is 1. The van der Waals surface area contributed by atoms with Crippen LogP contribution in [0.4, 0.5) is 0 Å². The van der Waals surface area contributed by atoms with E-state index >= 15 is 0 Å². The number of hydrogen-bond donors (Lipinski definition) is 1. The Balaban J connectivity index is 2.41. The van der Waals surface area contributed by atoms with Gasteiger partial charge in [-0.1, -0.05) is 12.2 Å². The van der Waals surface area contributed by atoms with Gasteiger partial charge in [0.2, 0.25) is 0 Å². The number of rotatable bonds is 4. The van der Waals surface area contributed by atoms with Crippen molar-refractivity contribution in [2.45, 2.75) is 0 Å². The largest absolute Gasteiger partial charge is 0.488 e. The van der Waals surface area contributed by atoms with E-state index in [1.807, 2.05) is 18.2 Å². The molecule has 1 aromatic heterocycles. The molecule has 0 atom stereocenters. The number of pyridine rings is 1. The number of nitrogens with zero attached hydrogens (tertiary/aromatic N) is 1. The van der Waals surface area contributed by atoms with E-state index in [4.69, 9.17) is 10.5 Å². The van der Waals surface area contributed by atoms with Crippen molar-refractivity contribution in [3.8, 4) is 5.75 Å². The van der Waals surface area contributed by atoms with E-state index in [1.165, 1.54) is 0 Å². The molecule has 0 fully saturated rings. The summed E-state index contributed by atoms with van der Waals surface area (Å²) in [6, 6.07) is 1.86. The van der Waals surface area contributed by atoms with Crippen LogP contribution in [0.1, 0.15) is 0 Å². The van der Waals surface area contributed by atoms with Crippen molar-refractivity contribution in [1.29, 1.82) is 0 Å². The highest BCUT2D eigenvalue weighted by Crippen LogP contribution is 2.15. The van der Waals surface area contributed by atoms with Crippen LogP contribution in [0.15, 0.2) is 35.1 Å². The minimum atomic E-state index is 0.523. The zero-order valence-electron chi connectivity index (χ0n) is 7.11. The van der Waals surface area contributed by atoms with E-state index in [1.54, 1.807) is 12.4 Å². The highest BCUT2D eigenvalue weighted by atomic mass is 79.9. The first-order valence-electron chi connectivity index (χ1n) is 3.91. The maximum Gasteiger partial charge on any atom is 0.139 e. The number of ether oxygens (including phenoxy) is 1. The maximum atomic E-state index is 5.35. The molecule has 2 N–H and O–H groups in total. The first kappa shape index (κ1) is 10.2. The molecular formula is C9H11BrN2O. The molecule has 0 saturated carbocycles. The standard InChI is InChI=1S/C9H11BrN2O/c10-8-5-9(7-12-6-8)13-4-2-1-3-11/h1-2,5-7H,3-4,11H2. The predicted octanol–water partition coefficient (Wildman–Crippen LogP) is 1.74. The maximum absolute atomic E-state index is 5.35. The highest BCUT2D eigenvalue weighted by molar-refractivity contribution is 9.10. The molecule has 4 heteroatoms. The number of hydrogen-bond acceptors (Lipinski definition) is 3. The van der Waals surface area contributed by atoms with Crippen LogP contribution in [0.25, 0.3) is 0 Å². The van der Waals surface area contributed by atoms with Crippen molar-refractivity contribution in [2.24, 2.45) is 5.73 Å². The van der Waals surface area contributed by atoms with E-state index in [-0.39, 0.29) is 0 Å². The molecule has 0 spiro atoms. The zero-order chi connectivity index (χ0) is 9.52. The molecule has 0 radical (unpaired) electrons. The third kappa shape index (κ3) is 4.05. The lowest BCUT2D eigenvalue weighted by Crippen LogP contribution is -1.97. The summed E-state index contributed by atoms with van der Waals surface area (Å²) in [6.45, 7) is 1.06. The van der Waals surface area contributed by atoms with Gasteiger partial charge >= 0.3 is 0 Å². The Morgan fingerprint density at radius 3 is 3.00 bits per heavy atom. The van der Waals surface area contributed by atoms with Crippen molar-refractivity contribution in [3.63, 3.8) is 0 Å². The van der Waals surface area contributed by atoms with Crippen molar-refractivity contribution in [2.75, 3.05) is 13.2 Å². The molecule has 0 unspecified atom stereocenters. The molecule has 70 valence electrons. The molecule has 1 rings (SSSR count). The third-order valence-electron chi connectivity index (χ3n) is 1.33. The predicted molar refractivity (Wildman–Crippen MR) is 55.6 cm³/mol. The van der Waals surface area contributed by atoms with Crippen LogP contribution in [0.5, 0.6) is 5.75 Å². The SMILES string of the molecule is NCC=CCOc1cncc(Br)c1. The summed E-state index contributed by atoms with van der Waals surface area (Å²) >= 11 is 3.30. The van der Waals surface area contributed by atoms with Crippen LogP contribution >= 0.6 is 15.9 Å². The molecular weight excluding hydrogens is 232 g/mol. The fraction of sp³-hybridized carbons (Fsp3) is 0.222. The van der Waals surface area contributed by atoms with Gasteiger partial charge in [-0.05, 0) is 22.0 Å². The Kier molecular flexibility index (Phi) is 4.49. The van der Waals surface area contributed by atoms with Gasteiger partial charge in [-0.25, -0.2) is 0 Å². The Labute approximate surface area is 85.7 Å². The zero-order valence-corrected chi connectivity index (χ0v) is 8.70. The summed E-state index contributed by atoms with van der Waals surface area (Å²) in [7, 11) is 0. The summed E-state index contributed by atoms with van der Waals surface area (Å²) in [5, 5.41) is 0. The first-order chi connectivity index (χ1) is 6.33. The van der Waals surface area contributed by atoms with Gasteiger partial charge in [0.15, 0.2) is 0 Å². The smallest absolute Gasteiger partial charge is 0.139 e. The summed E-state index contributed by atoms with van der Waals surface area (Å²) in [4.78, 5) is 3.96. The molecule has 0 aromatic carbocycles. The Morgan fingerprint density at radius 1 is 1.46 bits per heavy atom. The Hall–Kier alpha value is -0.870. The molecule has 1 aromatic rings. The molecule has 1 heterocycles. The monoisotopic (exact) mass is 242 g/mol. The van der Waals surface area contributed by atoms with Crippen molar-refractivity contribution < 1.29 is 4.74 Å². The van der Waals surface area contributed by atoms with Gasteiger partial charge in [0.05, 0.1) is 6.20 Å². The summed E-state index contributed by atoms with van der Waals surface area (Å²) in [6.07, 6.45) is 7.11. The molecule has 0 aliphatic heterocycles. The number of halogens is 1. The Bertz CT molecular complexity index is 289. The van der Waals surface area contributed by atoms with Gasteiger partial charge in [0.1, 0.15) is 12.4 Å². The van der Waals surface area contributed by atoms with Gasteiger partial charge in [-0.15, -0.1) is 0 Å². The second-order valence-corrected chi connectivity index (χ2v) is 3.27. The lowest BCUT2D eigenvalue weighted by molar-refractivity contribution is 0.361. The van der Waals surface area contributed by atoms with Gasteiger partial charge in [-0.3, -0.25) is 4.98 Å². The lowest BCUT2D eigenvalue weighted by Gasteiger charge is -2.01. The second kappa shape index (κ2) is 5.72. The summed E-state index contributed by atoms with van der Waals surface area (Å²) in [5.41, 5.74) is 5.27. The topological polar surface area (TPSA) is 48.1 Å². The van der Waals surface area contributed by atoms with E-state index in [0.29, 0.717) is 13.2 Å². The molecule has 0 bridgehead atoms. The van der Waals surface area contributed by atoms with Crippen LogP contribution in [0.2, 0.25) is 0 Å². The fourth-order valence-electron chi connectivity index (χ4n) is 0.780. The highest BCUT2D eigenvalue weighted by Gasteiger charge is 1.92. The van der Waals surface area contributed by atoms with E-state index in [2.05, 4.69) is 20.9 Å². The lowest BCUT2D eigenvalue weighted by atomic mass is 10.4. The van der Waals surface area contributed by atoms with Gasteiger partial charge in [0, 0.05) is 17.2 Å². The molecule has 0 aliphatic carbocycles. The van der Waals surface area contributed by atoms with Crippen LogP contribution in [0, 0.1) is 0 Å². The molecule has 3 nitrogen and oxygen atoms in total. The molecule has 13 heavy (non-hydrogen) atoms. The molecule has 0 amide bonds. The number of aromatic nitrogens is 1. The summed E-state index contributed by atoms with van der Waals surface area (Å²) < 4.78 is 6.26. The average molecular weight is 243 g/mol. The third-order valence-corrected chi connectivity index (χ3v) is 1.76. The van der Waals surface area contributed by atoms with Crippen molar-refractivity contribution in [1.82, 2.24) is 4.98 Å². The van der Waals surface area contributed by atoms with Crippen molar-refractivity contribution >= 4 is 15.9 Å². The van der Waals surface area contributed by atoms with Crippen LogP contribution < -0.4 is 10.5 Å². The van der Waals surface area contributed by atoms with Crippen molar-refractivity contribution in [3.05, 3.63) is 35.1 Å². The van der Waals surface area contributed by atoms with E-state index < -0.39 is 0 Å². The van der Waals surface area contributed by atoms with E-state index in [9.17, 15) is 0 Å². The first-order valence-corrected chi connectivity index (χ1v) is 4.70. The molecule has 0 saturated heterocycles. The van der Waals surface area contributed by atoms with Gasteiger partial charge in [0.25, 0.3) is 0 Å². The molecule has 0 aliphatic rings. The Morgan fingerprint density at radius 2 is 2.31 bits per heavy atom. The fourth-order valence-corrected chi connectivity index (χ4v) is 1.12. The summed E-state index contributed by atoms with van der Waals surface area (Å²) in [5.74, 6) is 0.746. The average Bonchev–Trinajstić information content (AvgIpc) is 2.13. The van der Waals surface area contributed by atoms with Crippen LogP contribution in [0.3, 0.4) is 0 Å². The second-order valence-electron chi connectivity index (χ2n) is 2.36. The normalized spacial score (nSPS) is 10.6. The minimum Gasteiger partial charge on any atom is -0.488 e. The van der Waals surface area contributed by atoms with Crippen LogP contribution in [-0.2, 0) is 0 Å². The van der Waals surface area contributed by atoms with Crippen LogP contribution in [-0.4, -0.2) is 18.1 Å². The van der Waals surface area contributed by atoms with E-state index in [0.717, 1.165) is 10.2 Å². The van der Waals surface area contributed by atoms with Gasteiger partial charge < -0.3 is 10.5 Å². The quantitative estimate of drug-likeness (QED) is 0.819. The minimum absolute atomic E-state index is 0.523. The van der Waals surface area contributed by atoms with Gasteiger partial charge in [-0.2, -0.15) is 0 Å².